The fraction of sp³-hybridized carbons (Fsp3) is 0.138. The van der Waals surface area contributed by atoms with Gasteiger partial charge in [-0.3, -0.25) is 9.59 Å². The summed E-state index contributed by atoms with van der Waals surface area (Å²) >= 11 is 0. The number of amides is 2. The quantitative estimate of drug-likeness (QED) is 0.301. The molecule has 1 atom stereocenters. The number of hydrogen-bond acceptors (Lipinski definition) is 6. The highest BCUT2D eigenvalue weighted by Crippen LogP contribution is 2.34. The van der Waals surface area contributed by atoms with Crippen LogP contribution in [-0.4, -0.2) is 23.1 Å². The molecule has 8 nitrogen and oxygen atoms in total. The molecule has 8 heteroatoms. The Morgan fingerprint density at radius 3 is 2.68 bits per heavy atom. The Labute approximate surface area is 212 Å². The summed E-state index contributed by atoms with van der Waals surface area (Å²) in [5, 5.41) is 10.2. The van der Waals surface area contributed by atoms with E-state index in [-0.39, 0.29) is 23.2 Å². The van der Waals surface area contributed by atoms with E-state index < -0.39 is 11.8 Å². The maximum absolute atomic E-state index is 13.2. The molecule has 0 spiro atoms. The third-order valence-corrected chi connectivity index (χ3v) is 6.24. The molecule has 6 rings (SSSR count). The van der Waals surface area contributed by atoms with Gasteiger partial charge in [0.25, 0.3) is 11.8 Å². The van der Waals surface area contributed by atoms with Crippen molar-refractivity contribution in [3.05, 3.63) is 95.4 Å². The van der Waals surface area contributed by atoms with Crippen molar-refractivity contribution in [2.24, 2.45) is 0 Å². The van der Waals surface area contributed by atoms with Crippen LogP contribution >= 0.6 is 0 Å². The van der Waals surface area contributed by atoms with Crippen LogP contribution in [0.5, 0.6) is 5.75 Å². The maximum atomic E-state index is 13.2. The first-order valence-electron chi connectivity index (χ1n) is 11.9. The molecule has 5 aromatic rings. The number of anilines is 2. The van der Waals surface area contributed by atoms with Gasteiger partial charge in [-0.05, 0) is 67.4 Å². The third kappa shape index (κ3) is 4.33. The lowest BCUT2D eigenvalue weighted by Gasteiger charge is -2.07. The average Bonchev–Trinajstić information content (AvgIpc) is 3.60. The van der Waals surface area contributed by atoms with E-state index in [0.717, 1.165) is 28.9 Å². The van der Waals surface area contributed by atoms with E-state index in [4.69, 9.17) is 13.7 Å². The zero-order valence-corrected chi connectivity index (χ0v) is 20.2. The fourth-order valence-corrected chi connectivity index (χ4v) is 4.51. The van der Waals surface area contributed by atoms with Crippen LogP contribution in [0.2, 0.25) is 0 Å². The predicted molar refractivity (Wildman–Crippen MR) is 139 cm³/mol. The molecule has 3 heterocycles. The molecule has 0 unspecified atom stereocenters. The number of rotatable bonds is 5. The summed E-state index contributed by atoms with van der Waals surface area (Å²) in [6.45, 7) is 3.96. The second-order valence-corrected chi connectivity index (χ2v) is 9.11. The van der Waals surface area contributed by atoms with Gasteiger partial charge in [0.1, 0.15) is 23.1 Å². The molecular weight excluding hydrogens is 470 g/mol. The molecule has 0 fully saturated rings. The molecule has 2 amide bonds. The highest BCUT2D eigenvalue weighted by Gasteiger charge is 2.25. The monoisotopic (exact) mass is 493 g/mol. The minimum Gasteiger partial charge on any atom is -0.490 e. The molecule has 0 bridgehead atoms. The Morgan fingerprint density at radius 2 is 1.81 bits per heavy atom. The van der Waals surface area contributed by atoms with Gasteiger partial charge in [0.05, 0.1) is 0 Å². The summed E-state index contributed by atoms with van der Waals surface area (Å²) in [6.07, 6.45) is 0.939. The largest absolute Gasteiger partial charge is 0.490 e. The van der Waals surface area contributed by atoms with E-state index in [2.05, 4.69) is 15.8 Å². The number of benzene rings is 3. The number of nitrogens with zero attached hydrogens (tertiary/aromatic N) is 1. The Morgan fingerprint density at radius 1 is 0.946 bits per heavy atom. The first-order chi connectivity index (χ1) is 17.9. The van der Waals surface area contributed by atoms with Crippen LogP contribution in [0.4, 0.5) is 11.4 Å². The van der Waals surface area contributed by atoms with E-state index >= 15 is 0 Å². The van der Waals surface area contributed by atoms with Gasteiger partial charge in [-0.2, -0.15) is 0 Å². The van der Waals surface area contributed by atoms with Crippen molar-refractivity contribution in [2.45, 2.75) is 26.4 Å². The van der Waals surface area contributed by atoms with E-state index in [1.165, 1.54) is 0 Å². The topological polar surface area (TPSA) is 107 Å². The number of carbonyl (C=O) groups excluding carboxylic acids is 2. The van der Waals surface area contributed by atoms with Crippen molar-refractivity contribution in [3.63, 3.8) is 0 Å². The molecule has 0 saturated heterocycles. The fourth-order valence-electron chi connectivity index (χ4n) is 4.51. The molecule has 37 heavy (non-hydrogen) atoms. The standard InChI is InChI=1S/C29H23N3O5/c1-16-6-5-7-20(12-16)30-29(34)27-26(21-8-3-4-9-24(21)36-27)31-28(33)22-15-25(37-32-22)18-10-11-23-19(14-18)13-17(2)35-23/h3-12,14-15,17H,13H2,1-2H3,(H,30,34)(H,31,33)/t17-/m0/s1. The Balaban J connectivity index is 1.28. The average molecular weight is 494 g/mol. The molecule has 0 aliphatic carbocycles. The van der Waals surface area contributed by atoms with Crippen LogP contribution in [0.15, 0.2) is 81.7 Å². The van der Waals surface area contributed by atoms with E-state index in [0.29, 0.717) is 22.4 Å². The van der Waals surface area contributed by atoms with Crippen molar-refractivity contribution >= 4 is 34.2 Å². The van der Waals surface area contributed by atoms with E-state index in [1.54, 1.807) is 30.3 Å². The summed E-state index contributed by atoms with van der Waals surface area (Å²) in [5.41, 5.74) is 4.33. The lowest BCUT2D eigenvalue weighted by atomic mass is 10.1. The molecule has 2 N–H and O–H groups in total. The Kier molecular flexibility index (Phi) is 5.49. The Hall–Kier alpha value is -4.85. The maximum Gasteiger partial charge on any atom is 0.293 e. The Bertz CT molecular complexity index is 1670. The first kappa shape index (κ1) is 22.6. The molecule has 3 aromatic carbocycles. The molecule has 1 aliphatic rings. The van der Waals surface area contributed by atoms with E-state index in [9.17, 15) is 9.59 Å². The second-order valence-electron chi connectivity index (χ2n) is 9.11. The summed E-state index contributed by atoms with van der Waals surface area (Å²) in [5.74, 6) is 0.309. The van der Waals surface area contributed by atoms with Crippen molar-refractivity contribution < 1.29 is 23.3 Å². The molecule has 0 radical (unpaired) electrons. The van der Waals surface area contributed by atoms with Gasteiger partial charge in [0.15, 0.2) is 11.5 Å². The van der Waals surface area contributed by atoms with Gasteiger partial charge >= 0.3 is 0 Å². The molecular formula is C29H23N3O5. The van der Waals surface area contributed by atoms with Crippen molar-refractivity contribution in [2.75, 3.05) is 10.6 Å². The number of para-hydroxylation sites is 1. The molecule has 2 aromatic heterocycles. The molecule has 1 aliphatic heterocycles. The van der Waals surface area contributed by atoms with Gasteiger partial charge in [-0.25, -0.2) is 0 Å². The number of fused-ring (bicyclic) bond motifs is 2. The van der Waals surface area contributed by atoms with Crippen LogP contribution < -0.4 is 15.4 Å². The third-order valence-electron chi connectivity index (χ3n) is 6.24. The second kappa shape index (κ2) is 8.98. The minimum atomic E-state index is -0.524. The van der Waals surface area contributed by atoms with Gasteiger partial charge in [0, 0.05) is 29.1 Å². The van der Waals surface area contributed by atoms with Crippen LogP contribution in [0, 0.1) is 6.92 Å². The number of aryl methyl sites for hydroxylation is 1. The zero-order valence-electron chi connectivity index (χ0n) is 20.2. The number of hydrogen-bond donors (Lipinski definition) is 2. The smallest absolute Gasteiger partial charge is 0.293 e. The number of furan rings is 1. The van der Waals surface area contributed by atoms with Gasteiger partial charge < -0.3 is 24.3 Å². The van der Waals surface area contributed by atoms with Gasteiger partial charge in [-0.15, -0.1) is 0 Å². The van der Waals surface area contributed by atoms with Gasteiger partial charge in [-0.1, -0.05) is 29.4 Å². The number of carbonyl (C=O) groups is 2. The summed E-state index contributed by atoms with van der Waals surface area (Å²) in [6, 6.07) is 21.9. The van der Waals surface area contributed by atoms with Crippen LogP contribution in [-0.2, 0) is 6.42 Å². The zero-order chi connectivity index (χ0) is 25.5. The van der Waals surface area contributed by atoms with Crippen LogP contribution in [0.1, 0.15) is 39.1 Å². The predicted octanol–water partition coefficient (Wildman–Crippen LogP) is 6.22. The summed E-state index contributed by atoms with van der Waals surface area (Å²) in [4.78, 5) is 26.3. The summed E-state index contributed by atoms with van der Waals surface area (Å²) in [7, 11) is 0. The number of aromatic nitrogens is 1. The molecule has 0 saturated carbocycles. The minimum absolute atomic E-state index is 0.00693. The normalized spacial score (nSPS) is 14.3. The van der Waals surface area contributed by atoms with Crippen LogP contribution in [0.3, 0.4) is 0 Å². The highest BCUT2D eigenvalue weighted by molar-refractivity contribution is 6.16. The molecule has 184 valence electrons. The SMILES string of the molecule is Cc1cccc(NC(=O)c2oc3ccccc3c2NC(=O)c2cc(-c3ccc4c(c3)C[C@H](C)O4)on2)c1. The summed E-state index contributed by atoms with van der Waals surface area (Å²) < 4.78 is 17.1. The number of nitrogens with one attached hydrogen (secondary N) is 2. The lowest BCUT2D eigenvalue weighted by Crippen LogP contribution is -2.17. The highest BCUT2D eigenvalue weighted by atomic mass is 16.5. The first-order valence-corrected chi connectivity index (χ1v) is 11.9. The van der Waals surface area contributed by atoms with Crippen molar-refractivity contribution in [1.82, 2.24) is 5.16 Å². The van der Waals surface area contributed by atoms with Gasteiger partial charge in [0.2, 0.25) is 5.76 Å². The lowest BCUT2D eigenvalue weighted by molar-refractivity contribution is 0.0999. The number of ether oxygens (including phenoxy) is 1. The van der Waals surface area contributed by atoms with Crippen molar-refractivity contribution in [3.8, 4) is 17.1 Å². The van der Waals surface area contributed by atoms with Crippen LogP contribution in [0.25, 0.3) is 22.3 Å². The van der Waals surface area contributed by atoms with Crippen molar-refractivity contribution in [1.29, 1.82) is 0 Å². The van der Waals surface area contributed by atoms with E-state index in [1.807, 2.05) is 56.3 Å².